The third-order valence-electron chi connectivity index (χ3n) is 12.7. The fourth-order valence-corrected chi connectivity index (χ4v) is 12.6. The largest absolute Gasteiger partial charge is 0.507 e. The van der Waals surface area contributed by atoms with Crippen molar-refractivity contribution in [2.75, 3.05) is 0 Å². The van der Waals surface area contributed by atoms with Gasteiger partial charge in [-0.1, -0.05) is 53.4 Å². The lowest BCUT2D eigenvalue weighted by Gasteiger charge is -2.28. The van der Waals surface area contributed by atoms with Gasteiger partial charge in [-0.25, -0.2) is 0 Å². The van der Waals surface area contributed by atoms with Crippen molar-refractivity contribution in [2.45, 2.75) is 125 Å². The number of rotatable bonds is 6. The third-order valence-corrected chi connectivity index (χ3v) is 17.0. The van der Waals surface area contributed by atoms with E-state index >= 15 is 0 Å². The van der Waals surface area contributed by atoms with Gasteiger partial charge in [0.1, 0.15) is 54.9 Å². The first-order chi connectivity index (χ1) is 26.6. The Labute approximate surface area is 353 Å². The lowest BCUT2D eigenvalue weighted by Crippen LogP contribution is -2.10. The Morgan fingerprint density at radius 1 is 0.411 bits per heavy atom. The van der Waals surface area contributed by atoms with Crippen molar-refractivity contribution in [3.05, 3.63) is 88.8 Å². The maximum Gasteiger partial charge on any atom is 0.137 e. The molecule has 8 bridgehead atoms. The number of fused-ring (bicyclic) bond motifs is 8. The summed E-state index contributed by atoms with van der Waals surface area (Å²) in [6.07, 6.45) is 8.80. The first-order valence-corrected chi connectivity index (χ1v) is 23.2. The topological polar surface area (TPSA) is 162 Å². The quantitative estimate of drug-likeness (QED) is 0.0934. The lowest BCUT2D eigenvalue weighted by molar-refractivity contribution is 0.422. The number of hydrogen-bond donors (Lipinski definition) is 8. The Bertz CT molecular complexity index is 1910. The summed E-state index contributed by atoms with van der Waals surface area (Å²) < 4.78 is 0.125. The molecule has 0 radical (unpaired) electrons. The Hall–Kier alpha value is -3.06. The fourth-order valence-electron chi connectivity index (χ4n) is 8.97. The zero-order valence-corrected chi connectivity index (χ0v) is 36.8. The molecule has 4 atom stereocenters. The van der Waals surface area contributed by atoms with Crippen LogP contribution in [0.25, 0.3) is 0 Å². The van der Waals surface area contributed by atoms with E-state index in [1.807, 2.05) is 27.7 Å². The summed E-state index contributed by atoms with van der Waals surface area (Å²) in [6, 6.07) is 6.80. The molecule has 4 aromatic carbocycles. The Kier molecular flexibility index (Phi) is 12.0. The molecule has 0 saturated heterocycles. The van der Waals surface area contributed by atoms with Gasteiger partial charge in [0.2, 0.25) is 0 Å². The van der Waals surface area contributed by atoms with Crippen LogP contribution in [0.4, 0.5) is 0 Å². The van der Waals surface area contributed by atoms with Gasteiger partial charge < -0.3 is 40.9 Å². The molecule has 56 heavy (non-hydrogen) atoms. The van der Waals surface area contributed by atoms with Crippen LogP contribution < -0.4 is 0 Å². The minimum Gasteiger partial charge on any atom is -0.507 e. The zero-order valence-electron chi connectivity index (χ0n) is 32.0. The van der Waals surface area contributed by atoms with Crippen molar-refractivity contribution in [3.8, 4) is 46.0 Å². The molecule has 0 aromatic heterocycles. The van der Waals surface area contributed by atoms with Crippen LogP contribution in [-0.2, 0) is 11.5 Å². The van der Waals surface area contributed by atoms with Gasteiger partial charge in [-0.05, 0) is 81.8 Å². The first kappa shape index (κ1) is 41.1. The van der Waals surface area contributed by atoms with Crippen LogP contribution in [0.1, 0.15) is 158 Å². The number of benzene rings is 4. The summed E-state index contributed by atoms with van der Waals surface area (Å²) in [5.74, 6) is -3.16. The molecular weight excluding hydrogens is 880 g/mol. The van der Waals surface area contributed by atoms with Crippen molar-refractivity contribution in [2.24, 2.45) is 0 Å². The number of halogens is 2. The van der Waals surface area contributed by atoms with E-state index in [1.165, 1.54) is 0 Å². The minimum atomic E-state index is -0.661. The maximum absolute atomic E-state index is 12.0. The van der Waals surface area contributed by atoms with E-state index in [-0.39, 0.29) is 54.9 Å². The molecule has 0 heterocycles. The van der Waals surface area contributed by atoms with Crippen LogP contribution in [-0.4, -0.2) is 51.4 Å². The van der Waals surface area contributed by atoms with E-state index in [4.69, 9.17) is 0 Å². The van der Waals surface area contributed by atoms with Crippen LogP contribution in [0.2, 0.25) is 0 Å². The molecule has 7 rings (SSSR count). The summed E-state index contributed by atoms with van der Waals surface area (Å²) in [5.41, 5.74) is 4.09. The Morgan fingerprint density at radius 3 is 0.857 bits per heavy atom. The highest BCUT2D eigenvalue weighted by Gasteiger charge is 2.34. The highest BCUT2D eigenvalue weighted by molar-refractivity contribution is 9.11. The van der Waals surface area contributed by atoms with Gasteiger partial charge in [-0.15, -0.1) is 0 Å². The number of hydrogen-bond acceptors (Lipinski definition) is 10. The van der Waals surface area contributed by atoms with E-state index in [2.05, 4.69) is 31.9 Å². The summed E-state index contributed by atoms with van der Waals surface area (Å²) in [5, 5.41) is 95.2. The molecule has 2 saturated carbocycles. The molecule has 8 N–H and O–H groups in total. The zero-order chi connectivity index (χ0) is 40.3. The van der Waals surface area contributed by atoms with Crippen LogP contribution in [0.3, 0.4) is 0 Å². The normalized spacial score (nSPS) is 21.5. The van der Waals surface area contributed by atoms with Crippen molar-refractivity contribution < 1.29 is 40.9 Å². The number of thioether (sulfide) groups is 2. The standard InChI is InChI=1S/C44H50Br2O8S2/c1-19-25-13-26(38(48)33(37(25)47)17-55-23-9-5-6-10-23)20(2)31-16-32(44(54)36(46)43(31)53)22(4)28-14-27(21(3)30-15-29(19)41(51)35(45)42(30)52)39(49)34(40(28)50)18-56-24-11-7-8-12-24/h13-16,19-24,47-54H,5-12,17-18H2,1-4H3. The Morgan fingerprint density at radius 2 is 0.625 bits per heavy atom. The van der Waals surface area contributed by atoms with Crippen LogP contribution in [0, 0.1) is 0 Å². The van der Waals surface area contributed by atoms with Gasteiger partial charge in [0.15, 0.2) is 0 Å². The Balaban J connectivity index is 1.51. The van der Waals surface area contributed by atoms with Crippen molar-refractivity contribution in [1.82, 2.24) is 0 Å². The number of aromatic hydroxyl groups is 8. The van der Waals surface area contributed by atoms with Gasteiger partial charge in [-0.3, -0.25) is 0 Å². The smallest absolute Gasteiger partial charge is 0.137 e. The van der Waals surface area contributed by atoms with E-state index in [0.717, 1.165) is 51.4 Å². The molecule has 3 aliphatic carbocycles. The highest BCUT2D eigenvalue weighted by Crippen LogP contribution is 2.55. The van der Waals surface area contributed by atoms with E-state index in [9.17, 15) is 40.9 Å². The average molecular weight is 931 g/mol. The SMILES string of the molecule is CC1c2cc(c(O)c(Br)c2O)C(C)c2cc(c(O)c(CSC3CCCC3)c2O)C(C)c2cc(c(O)c(Br)c2O)C(C)c2cc1c(O)c(CSC1CCCC1)c2O. The molecule has 4 unspecified atom stereocenters. The average Bonchev–Trinajstić information content (AvgIpc) is 3.90. The van der Waals surface area contributed by atoms with Crippen LogP contribution in [0.15, 0.2) is 33.2 Å². The van der Waals surface area contributed by atoms with Crippen LogP contribution >= 0.6 is 55.4 Å². The molecule has 300 valence electrons. The highest BCUT2D eigenvalue weighted by atomic mass is 79.9. The molecule has 0 amide bonds. The second-order valence-corrected chi connectivity index (χ2v) is 20.1. The number of phenols is 8. The molecule has 4 aromatic rings. The lowest BCUT2D eigenvalue weighted by atomic mass is 9.79. The predicted octanol–water partition coefficient (Wildman–Crippen LogP) is 12.1. The summed E-state index contributed by atoms with van der Waals surface area (Å²) >= 11 is 10.3. The molecule has 0 spiro atoms. The summed E-state index contributed by atoms with van der Waals surface area (Å²) in [6.45, 7) is 7.36. The predicted molar refractivity (Wildman–Crippen MR) is 232 cm³/mol. The van der Waals surface area contributed by atoms with Crippen molar-refractivity contribution in [1.29, 1.82) is 0 Å². The van der Waals surface area contributed by atoms with Gasteiger partial charge in [0, 0.05) is 101 Å². The fraction of sp³-hybridized carbons (Fsp3) is 0.455. The molecular formula is C44H50Br2O8S2. The van der Waals surface area contributed by atoms with Gasteiger partial charge in [0.05, 0.1) is 0 Å². The van der Waals surface area contributed by atoms with Gasteiger partial charge >= 0.3 is 0 Å². The maximum atomic E-state index is 12.0. The van der Waals surface area contributed by atoms with E-state index in [0.29, 0.717) is 77.6 Å². The van der Waals surface area contributed by atoms with Crippen LogP contribution in [0.5, 0.6) is 46.0 Å². The molecule has 12 heteroatoms. The molecule has 8 nitrogen and oxygen atoms in total. The van der Waals surface area contributed by atoms with Gasteiger partial charge in [0.25, 0.3) is 0 Å². The summed E-state index contributed by atoms with van der Waals surface area (Å²) in [7, 11) is 0. The summed E-state index contributed by atoms with van der Waals surface area (Å²) in [4.78, 5) is 0. The number of phenolic OH excluding ortho intramolecular Hbond substituents is 8. The minimum absolute atomic E-state index is 0.0623. The monoisotopic (exact) mass is 928 g/mol. The first-order valence-electron chi connectivity index (χ1n) is 19.5. The van der Waals surface area contributed by atoms with Crippen molar-refractivity contribution in [3.63, 3.8) is 0 Å². The van der Waals surface area contributed by atoms with E-state index < -0.39 is 23.7 Å². The third kappa shape index (κ3) is 7.19. The second kappa shape index (κ2) is 16.3. The molecule has 3 aliphatic rings. The van der Waals surface area contributed by atoms with Crippen molar-refractivity contribution >= 4 is 55.4 Å². The second-order valence-electron chi connectivity index (χ2n) is 15.9. The molecule has 0 aliphatic heterocycles. The molecule has 2 fully saturated rings. The van der Waals surface area contributed by atoms with Gasteiger partial charge in [-0.2, -0.15) is 23.5 Å². The van der Waals surface area contributed by atoms with E-state index in [1.54, 1.807) is 47.8 Å².